The molecule has 0 heterocycles. The number of ether oxygens (including phenoxy) is 1. The summed E-state index contributed by atoms with van der Waals surface area (Å²) in [7, 11) is 1.45. The first-order valence-electron chi connectivity index (χ1n) is 5.15. The van der Waals surface area contributed by atoms with Gasteiger partial charge in [0.2, 0.25) is 11.8 Å². The van der Waals surface area contributed by atoms with Gasteiger partial charge in [0, 0.05) is 6.07 Å². The Hall–Kier alpha value is -2.28. The second-order valence-electron chi connectivity index (χ2n) is 3.65. The molecule has 0 aliphatic carbocycles. The molecule has 1 unspecified atom stereocenters. The smallest absolute Gasteiger partial charge is 0.241 e. The molecule has 18 heavy (non-hydrogen) atoms. The summed E-state index contributed by atoms with van der Waals surface area (Å²) in [5.41, 5.74) is 10.6. The van der Waals surface area contributed by atoms with Gasteiger partial charge in [-0.1, -0.05) is 0 Å². The minimum Gasteiger partial charge on any atom is -0.506 e. The Morgan fingerprint density at radius 1 is 1.50 bits per heavy atom. The molecule has 98 valence electrons. The molecule has 0 spiro atoms. The molecular formula is C11H15N3O4. The van der Waals surface area contributed by atoms with Crippen LogP contribution in [-0.4, -0.2) is 30.1 Å². The monoisotopic (exact) mass is 253 g/mol. The SMILES string of the molecule is COc1ccc(NC(=O)C(N)CC(N)=O)c(O)c1. The Kier molecular flexibility index (Phi) is 4.50. The highest BCUT2D eigenvalue weighted by molar-refractivity contribution is 5.98. The number of carbonyl (C=O) groups is 2. The number of hydrogen-bond donors (Lipinski definition) is 4. The Morgan fingerprint density at radius 3 is 2.67 bits per heavy atom. The molecule has 0 saturated carbocycles. The van der Waals surface area contributed by atoms with Crippen molar-refractivity contribution in [2.24, 2.45) is 11.5 Å². The van der Waals surface area contributed by atoms with Crippen molar-refractivity contribution in [2.45, 2.75) is 12.5 Å². The molecule has 0 aliphatic rings. The molecule has 0 aromatic heterocycles. The van der Waals surface area contributed by atoms with Crippen LogP contribution in [0.2, 0.25) is 0 Å². The fourth-order valence-electron chi connectivity index (χ4n) is 1.28. The fraction of sp³-hybridized carbons (Fsp3) is 0.273. The number of carbonyl (C=O) groups excluding carboxylic acids is 2. The lowest BCUT2D eigenvalue weighted by Gasteiger charge is -2.12. The number of nitrogens with two attached hydrogens (primary N) is 2. The molecule has 0 saturated heterocycles. The largest absolute Gasteiger partial charge is 0.506 e. The molecular weight excluding hydrogens is 238 g/mol. The third-order valence-corrected chi connectivity index (χ3v) is 2.22. The summed E-state index contributed by atoms with van der Waals surface area (Å²) in [6.45, 7) is 0. The summed E-state index contributed by atoms with van der Waals surface area (Å²) < 4.78 is 4.90. The average Bonchev–Trinajstić information content (AvgIpc) is 2.30. The lowest BCUT2D eigenvalue weighted by Crippen LogP contribution is -2.38. The second kappa shape index (κ2) is 5.87. The van der Waals surface area contributed by atoms with Gasteiger partial charge in [0.15, 0.2) is 0 Å². The van der Waals surface area contributed by atoms with Gasteiger partial charge in [0.05, 0.1) is 25.3 Å². The van der Waals surface area contributed by atoms with E-state index in [0.29, 0.717) is 5.75 Å². The van der Waals surface area contributed by atoms with E-state index in [1.54, 1.807) is 6.07 Å². The van der Waals surface area contributed by atoms with Crippen LogP contribution in [0.4, 0.5) is 5.69 Å². The summed E-state index contributed by atoms with van der Waals surface area (Å²) >= 11 is 0. The zero-order valence-corrected chi connectivity index (χ0v) is 9.84. The minimum absolute atomic E-state index is 0.158. The van der Waals surface area contributed by atoms with Crippen LogP contribution in [0.5, 0.6) is 11.5 Å². The van der Waals surface area contributed by atoms with Gasteiger partial charge in [0.1, 0.15) is 11.5 Å². The van der Waals surface area contributed by atoms with Gasteiger partial charge in [-0.15, -0.1) is 0 Å². The zero-order valence-electron chi connectivity index (χ0n) is 9.84. The number of methoxy groups -OCH3 is 1. The van der Waals surface area contributed by atoms with Crippen molar-refractivity contribution in [2.75, 3.05) is 12.4 Å². The standard InChI is InChI=1S/C11H15N3O4/c1-18-6-2-3-8(9(15)4-6)14-11(17)7(12)5-10(13)16/h2-4,7,15H,5,12H2,1H3,(H2,13,16)(H,14,17). The normalized spacial score (nSPS) is 11.7. The first kappa shape index (κ1) is 13.8. The highest BCUT2D eigenvalue weighted by atomic mass is 16.5. The van der Waals surface area contributed by atoms with Crippen LogP contribution in [0.3, 0.4) is 0 Å². The van der Waals surface area contributed by atoms with Crippen molar-refractivity contribution in [1.82, 2.24) is 0 Å². The van der Waals surface area contributed by atoms with Crippen LogP contribution in [0, 0.1) is 0 Å². The van der Waals surface area contributed by atoms with Crippen molar-refractivity contribution in [3.8, 4) is 11.5 Å². The third kappa shape index (κ3) is 3.63. The highest BCUT2D eigenvalue weighted by Crippen LogP contribution is 2.27. The van der Waals surface area contributed by atoms with Crippen molar-refractivity contribution < 1.29 is 19.4 Å². The Bertz CT molecular complexity index is 462. The number of primary amides is 1. The summed E-state index contributed by atoms with van der Waals surface area (Å²) in [5, 5.41) is 12.0. The van der Waals surface area contributed by atoms with Gasteiger partial charge in [-0.05, 0) is 12.1 Å². The lowest BCUT2D eigenvalue weighted by molar-refractivity contribution is -0.123. The van der Waals surface area contributed by atoms with Gasteiger partial charge in [0.25, 0.3) is 0 Å². The van der Waals surface area contributed by atoms with Crippen LogP contribution in [0.15, 0.2) is 18.2 Å². The van der Waals surface area contributed by atoms with E-state index in [1.165, 1.54) is 19.2 Å². The van der Waals surface area contributed by atoms with E-state index in [2.05, 4.69) is 5.32 Å². The molecule has 0 radical (unpaired) electrons. The quantitative estimate of drug-likeness (QED) is 0.528. The number of amides is 2. The van der Waals surface area contributed by atoms with E-state index in [0.717, 1.165) is 0 Å². The van der Waals surface area contributed by atoms with Gasteiger partial charge >= 0.3 is 0 Å². The lowest BCUT2D eigenvalue weighted by atomic mass is 10.2. The number of benzene rings is 1. The van der Waals surface area contributed by atoms with Gasteiger partial charge in [-0.2, -0.15) is 0 Å². The van der Waals surface area contributed by atoms with Crippen molar-refractivity contribution in [3.63, 3.8) is 0 Å². The summed E-state index contributed by atoms with van der Waals surface area (Å²) in [5.74, 6) is -0.980. The number of nitrogens with one attached hydrogen (secondary N) is 1. The average molecular weight is 253 g/mol. The number of aromatic hydroxyl groups is 1. The molecule has 1 atom stereocenters. The number of hydrogen-bond acceptors (Lipinski definition) is 5. The van der Waals surface area contributed by atoms with E-state index in [-0.39, 0.29) is 17.9 Å². The van der Waals surface area contributed by atoms with Crippen LogP contribution >= 0.6 is 0 Å². The van der Waals surface area contributed by atoms with E-state index < -0.39 is 17.9 Å². The number of rotatable bonds is 5. The van der Waals surface area contributed by atoms with Crippen LogP contribution in [0.25, 0.3) is 0 Å². The molecule has 0 bridgehead atoms. The third-order valence-electron chi connectivity index (χ3n) is 2.22. The molecule has 6 N–H and O–H groups in total. The number of phenolic OH excluding ortho intramolecular Hbond substituents is 1. The summed E-state index contributed by atoms with van der Waals surface area (Å²) in [6, 6.07) is 3.32. The molecule has 7 heteroatoms. The fourth-order valence-corrected chi connectivity index (χ4v) is 1.28. The van der Waals surface area contributed by atoms with Crippen LogP contribution < -0.4 is 21.5 Å². The maximum Gasteiger partial charge on any atom is 0.241 e. The Labute approximate surface area is 104 Å². The topological polar surface area (TPSA) is 128 Å². The van der Waals surface area contributed by atoms with Gasteiger partial charge in [-0.3, -0.25) is 9.59 Å². The molecule has 2 amide bonds. The van der Waals surface area contributed by atoms with Gasteiger partial charge < -0.3 is 26.6 Å². The van der Waals surface area contributed by atoms with E-state index in [9.17, 15) is 14.7 Å². The minimum atomic E-state index is -1.05. The van der Waals surface area contributed by atoms with E-state index in [1.807, 2.05) is 0 Å². The maximum atomic E-state index is 11.6. The van der Waals surface area contributed by atoms with E-state index in [4.69, 9.17) is 16.2 Å². The summed E-state index contributed by atoms with van der Waals surface area (Å²) in [4.78, 5) is 22.2. The maximum absolute atomic E-state index is 11.6. The van der Waals surface area contributed by atoms with Crippen LogP contribution in [-0.2, 0) is 9.59 Å². The Balaban J connectivity index is 2.72. The molecule has 1 aromatic carbocycles. The zero-order chi connectivity index (χ0) is 13.7. The van der Waals surface area contributed by atoms with Gasteiger partial charge in [-0.25, -0.2) is 0 Å². The van der Waals surface area contributed by atoms with E-state index >= 15 is 0 Å². The predicted molar refractivity (Wildman–Crippen MR) is 65.1 cm³/mol. The Morgan fingerprint density at radius 2 is 2.17 bits per heavy atom. The van der Waals surface area contributed by atoms with Crippen molar-refractivity contribution in [1.29, 1.82) is 0 Å². The molecule has 0 fully saturated rings. The number of anilines is 1. The summed E-state index contributed by atoms with van der Waals surface area (Å²) in [6.07, 6.45) is -0.261. The molecule has 0 aliphatic heterocycles. The van der Waals surface area contributed by atoms with Crippen LogP contribution in [0.1, 0.15) is 6.42 Å². The highest BCUT2D eigenvalue weighted by Gasteiger charge is 2.17. The second-order valence-corrected chi connectivity index (χ2v) is 3.65. The molecule has 1 rings (SSSR count). The molecule has 1 aromatic rings. The number of phenols is 1. The predicted octanol–water partition coefficient (Wildman–Crippen LogP) is -0.458. The van der Waals surface area contributed by atoms with Crippen molar-refractivity contribution in [3.05, 3.63) is 18.2 Å². The first-order chi connectivity index (χ1) is 8.43. The van der Waals surface area contributed by atoms with Crippen molar-refractivity contribution >= 4 is 17.5 Å². The molecule has 7 nitrogen and oxygen atoms in total. The first-order valence-corrected chi connectivity index (χ1v) is 5.15.